The van der Waals surface area contributed by atoms with Crippen molar-refractivity contribution in [2.45, 2.75) is 6.54 Å². The first kappa shape index (κ1) is 20.3. The monoisotopic (exact) mass is 436 g/mol. The Morgan fingerprint density at radius 3 is 2.62 bits per heavy atom. The number of hydrogen-bond donors (Lipinski definition) is 0. The van der Waals surface area contributed by atoms with E-state index in [2.05, 4.69) is 15.1 Å². The van der Waals surface area contributed by atoms with E-state index in [-0.39, 0.29) is 11.5 Å². The molecule has 2 aliphatic heterocycles. The van der Waals surface area contributed by atoms with Crippen molar-refractivity contribution in [2.75, 3.05) is 45.9 Å². The maximum Gasteiger partial charge on any atom is 0.266 e. The Labute approximate surface area is 184 Å². The Morgan fingerprint density at radius 1 is 0.969 bits per heavy atom. The van der Waals surface area contributed by atoms with Crippen LogP contribution in [0.25, 0.3) is 5.82 Å². The lowest BCUT2D eigenvalue weighted by Gasteiger charge is -2.35. The summed E-state index contributed by atoms with van der Waals surface area (Å²) in [5.41, 5.74) is 0.396. The molecule has 0 aliphatic carbocycles. The van der Waals surface area contributed by atoms with Gasteiger partial charge in [0, 0.05) is 51.2 Å². The quantitative estimate of drug-likeness (QED) is 0.580. The smallest absolute Gasteiger partial charge is 0.266 e. The third kappa shape index (κ3) is 4.09. The first-order valence-corrected chi connectivity index (χ1v) is 10.7. The van der Waals surface area contributed by atoms with Gasteiger partial charge in [-0.25, -0.2) is 9.36 Å². The van der Waals surface area contributed by atoms with Crippen molar-refractivity contribution in [1.29, 1.82) is 0 Å². The molecule has 0 bridgehead atoms. The van der Waals surface area contributed by atoms with Gasteiger partial charge in [0.05, 0.1) is 12.1 Å². The third-order valence-corrected chi connectivity index (χ3v) is 5.68. The van der Waals surface area contributed by atoms with Gasteiger partial charge in [0.2, 0.25) is 0 Å². The van der Waals surface area contributed by atoms with Crippen LogP contribution in [0.3, 0.4) is 0 Å². The van der Waals surface area contributed by atoms with E-state index in [0.717, 1.165) is 13.1 Å². The molecule has 0 unspecified atom stereocenters. The number of nitrogens with zero attached hydrogens (tertiary/aromatic N) is 6. The number of benzene rings is 1. The van der Waals surface area contributed by atoms with Crippen molar-refractivity contribution >= 4 is 5.91 Å². The van der Waals surface area contributed by atoms with Crippen LogP contribution in [0.2, 0.25) is 0 Å². The van der Waals surface area contributed by atoms with Crippen molar-refractivity contribution < 1.29 is 14.3 Å². The second kappa shape index (κ2) is 8.83. The Morgan fingerprint density at radius 2 is 1.81 bits per heavy atom. The molecule has 2 aromatic heterocycles. The summed E-state index contributed by atoms with van der Waals surface area (Å²) >= 11 is 0. The van der Waals surface area contributed by atoms with Crippen LogP contribution in [0.5, 0.6) is 11.5 Å². The maximum absolute atomic E-state index is 13.1. The molecular weight excluding hydrogens is 412 g/mol. The highest BCUT2D eigenvalue weighted by Gasteiger charge is 2.27. The van der Waals surface area contributed by atoms with E-state index in [1.807, 2.05) is 23.1 Å². The Hall–Kier alpha value is -3.66. The summed E-state index contributed by atoms with van der Waals surface area (Å²) in [5, 5.41) is 8.57. The number of para-hydroxylation sites is 1. The molecule has 10 heteroatoms. The Bertz CT molecular complexity index is 1150. The molecule has 1 saturated heterocycles. The molecule has 0 spiro atoms. The van der Waals surface area contributed by atoms with E-state index in [9.17, 15) is 9.59 Å². The Balaban J connectivity index is 1.19. The average molecular weight is 436 g/mol. The molecule has 1 fully saturated rings. The average Bonchev–Trinajstić information content (AvgIpc) is 3.38. The van der Waals surface area contributed by atoms with Crippen molar-refractivity contribution in [2.24, 2.45) is 0 Å². The van der Waals surface area contributed by atoms with Gasteiger partial charge in [-0.1, -0.05) is 6.07 Å². The van der Waals surface area contributed by atoms with Gasteiger partial charge in [0.15, 0.2) is 17.3 Å². The number of carbonyl (C=O) groups excluding carboxylic acids is 1. The molecule has 5 rings (SSSR count). The summed E-state index contributed by atoms with van der Waals surface area (Å²) in [4.78, 5) is 29.3. The fourth-order valence-electron chi connectivity index (χ4n) is 3.95. The van der Waals surface area contributed by atoms with Gasteiger partial charge >= 0.3 is 0 Å². The highest BCUT2D eigenvalue weighted by Crippen LogP contribution is 2.34. The Kier molecular flexibility index (Phi) is 5.59. The van der Waals surface area contributed by atoms with E-state index >= 15 is 0 Å². The standard InChI is InChI=1S/C22H24N6O4/c29-20-6-5-19(27-8-2-7-23-27)24-28(20)14-11-25-9-12-26(13-10-25)22(30)17-3-1-4-18-21(17)32-16-15-31-18/h1-8H,9-16H2. The zero-order chi connectivity index (χ0) is 21.9. The summed E-state index contributed by atoms with van der Waals surface area (Å²) in [6, 6.07) is 10.4. The fraction of sp³-hybridized carbons (Fsp3) is 0.364. The molecule has 0 saturated carbocycles. The van der Waals surface area contributed by atoms with Crippen molar-refractivity contribution in [3.05, 3.63) is 64.7 Å². The minimum Gasteiger partial charge on any atom is -0.486 e. The molecule has 0 N–H and O–H groups in total. The normalized spacial score (nSPS) is 16.2. The molecule has 0 atom stereocenters. The van der Waals surface area contributed by atoms with Crippen molar-refractivity contribution in [3.8, 4) is 17.3 Å². The number of piperazine rings is 1. The fourth-order valence-corrected chi connectivity index (χ4v) is 3.95. The van der Waals surface area contributed by atoms with Crippen LogP contribution in [-0.2, 0) is 6.54 Å². The maximum atomic E-state index is 13.1. The van der Waals surface area contributed by atoms with Crippen LogP contribution in [0.15, 0.2) is 53.6 Å². The molecule has 4 heterocycles. The lowest BCUT2D eigenvalue weighted by molar-refractivity contribution is 0.0622. The van der Waals surface area contributed by atoms with Crippen LogP contribution < -0.4 is 15.0 Å². The van der Waals surface area contributed by atoms with E-state index in [4.69, 9.17) is 9.47 Å². The number of amides is 1. The topological polar surface area (TPSA) is 94.7 Å². The number of ether oxygens (including phenoxy) is 2. The number of fused-ring (bicyclic) bond motifs is 1. The predicted octanol–water partition coefficient (Wildman–Crippen LogP) is 0.658. The molecule has 32 heavy (non-hydrogen) atoms. The van der Waals surface area contributed by atoms with E-state index in [1.54, 1.807) is 29.2 Å². The first-order chi connectivity index (χ1) is 15.7. The highest BCUT2D eigenvalue weighted by molar-refractivity contribution is 5.98. The van der Waals surface area contributed by atoms with Crippen molar-refractivity contribution in [1.82, 2.24) is 29.4 Å². The molecule has 0 radical (unpaired) electrons. The summed E-state index contributed by atoms with van der Waals surface area (Å²) in [6.07, 6.45) is 3.46. The molecule has 1 aromatic carbocycles. The minimum atomic E-state index is -0.147. The molecule has 10 nitrogen and oxygen atoms in total. The zero-order valence-electron chi connectivity index (χ0n) is 17.6. The number of carbonyl (C=O) groups is 1. The van der Waals surface area contributed by atoms with Crippen LogP contribution in [0.1, 0.15) is 10.4 Å². The van der Waals surface area contributed by atoms with Crippen LogP contribution in [0, 0.1) is 0 Å². The minimum absolute atomic E-state index is 0.0446. The van der Waals surface area contributed by atoms with Gasteiger partial charge in [-0.3, -0.25) is 14.5 Å². The van der Waals surface area contributed by atoms with E-state index in [1.165, 1.54) is 10.7 Å². The number of aromatic nitrogens is 4. The predicted molar refractivity (Wildman–Crippen MR) is 115 cm³/mol. The lowest BCUT2D eigenvalue weighted by Crippen LogP contribution is -2.49. The molecular formula is C22H24N6O4. The van der Waals surface area contributed by atoms with Gasteiger partial charge in [0.1, 0.15) is 13.2 Å². The number of rotatable bonds is 5. The first-order valence-electron chi connectivity index (χ1n) is 10.7. The molecule has 166 valence electrons. The highest BCUT2D eigenvalue weighted by atomic mass is 16.6. The van der Waals surface area contributed by atoms with Gasteiger partial charge in [-0.2, -0.15) is 5.10 Å². The summed E-state index contributed by atoms with van der Waals surface area (Å²) in [7, 11) is 0. The molecule has 1 amide bonds. The largest absolute Gasteiger partial charge is 0.486 e. The second-order valence-corrected chi connectivity index (χ2v) is 7.67. The third-order valence-electron chi connectivity index (χ3n) is 5.68. The van der Waals surface area contributed by atoms with E-state index < -0.39 is 0 Å². The second-order valence-electron chi connectivity index (χ2n) is 7.67. The zero-order valence-corrected chi connectivity index (χ0v) is 17.6. The van der Waals surface area contributed by atoms with Crippen LogP contribution in [0.4, 0.5) is 0 Å². The van der Waals surface area contributed by atoms with E-state index in [0.29, 0.717) is 62.3 Å². The molecule has 3 aromatic rings. The van der Waals surface area contributed by atoms with Gasteiger partial charge < -0.3 is 14.4 Å². The van der Waals surface area contributed by atoms with Crippen LogP contribution >= 0.6 is 0 Å². The van der Waals surface area contributed by atoms with Gasteiger partial charge in [0.25, 0.3) is 11.5 Å². The SMILES string of the molecule is O=C(c1cccc2c1OCCO2)N1CCN(CCn2nc(-n3cccn3)ccc2=O)CC1. The van der Waals surface area contributed by atoms with Crippen LogP contribution in [-0.4, -0.2) is 81.2 Å². The summed E-state index contributed by atoms with van der Waals surface area (Å²) in [5.74, 6) is 1.71. The lowest BCUT2D eigenvalue weighted by atomic mass is 10.1. The summed E-state index contributed by atoms with van der Waals surface area (Å²) in [6.45, 7) is 4.76. The van der Waals surface area contributed by atoms with Gasteiger partial charge in [-0.15, -0.1) is 5.10 Å². The number of hydrogen-bond acceptors (Lipinski definition) is 7. The molecule has 2 aliphatic rings. The van der Waals surface area contributed by atoms with Gasteiger partial charge in [-0.05, 0) is 24.3 Å². The van der Waals surface area contributed by atoms with Crippen molar-refractivity contribution in [3.63, 3.8) is 0 Å². The summed E-state index contributed by atoms with van der Waals surface area (Å²) < 4.78 is 14.4.